The van der Waals surface area contributed by atoms with E-state index in [9.17, 15) is 14.9 Å². The van der Waals surface area contributed by atoms with Gasteiger partial charge in [0.25, 0.3) is 5.56 Å². The van der Waals surface area contributed by atoms with Crippen molar-refractivity contribution in [1.82, 2.24) is 19.3 Å². The van der Waals surface area contributed by atoms with Crippen molar-refractivity contribution in [2.45, 2.75) is 25.9 Å². The number of rotatable bonds is 3. The Morgan fingerprint density at radius 3 is 3.04 bits per heavy atom. The minimum atomic E-state index is -0.606. The number of thiophene rings is 1. The SMILES string of the molecule is N#Cc1c2n(c(=O)n(Cc3nc(-c4ccsc4)no3)c1=O)CCC2. The lowest BCUT2D eigenvalue weighted by molar-refractivity contribution is 0.366. The third-order valence-corrected chi connectivity index (χ3v) is 4.67. The van der Waals surface area contributed by atoms with Gasteiger partial charge in [-0.2, -0.15) is 21.6 Å². The predicted octanol–water partition coefficient (Wildman–Crippen LogP) is 0.988. The molecular weight excluding hydrogens is 330 g/mol. The lowest BCUT2D eigenvalue weighted by Gasteiger charge is -2.08. The van der Waals surface area contributed by atoms with Crippen LogP contribution in [0, 0.1) is 11.3 Å². The van der Waals surface area contributed by atoms with Crippen LogP contribution in [-0.2, 0) is 19.5 Å². The molecule has 3 aromatic rings. The zero-order valence-corrected chi connectivity index (χ0v) is 13.2. The average molecular weight is 341 g/mol. The molecule has 0 bridgehead atoms. The fourth-order valence-corrected chi connectivity index (χ4v) is 3.49. The second kappa shape index (κ2) is 5.58. The van der Waals surface area contributed by atoms with Gasteiger partial charge in [0, 0.05) is 23.2 Å². The number of nitrogens with zero attached hydrogens (tertiary/aromatic N) is 5. The monoisotopic (exact) mass is 341 g/mol. The predicted molar refractivity (Wildman–Crippen MR) is 84.7 cm³/mol. The van der Waals surface area contributed by atoms with Crippen LogP contribution in [0.25, 0.3) is 11.4 Å². The van der Waals surface area contributed by atoms with E-state index >= 15 is 0 Å². The molecule has 0 N–H and O–H groups in total. The van der Waals surface area contributed by atoms with Gasteiger partial charge in [-0.25, -0.2) is 9.36 Å². The minimum Gasteiger partial charge on any atom is -0.337 e. The van der Waals surface area contributed by atoms with E-state index in [0.717, 1.165) is 16.6 Å². The van der Waals surface area contributed by atoms with E-state index in [2.05, 4.69) is 10.1 Å². The molecule has 0 saturated carbocycles. The number of nitriles is 1. The van der Waals surface area contributed by atoms with Crippen LogP contribution in [0.15, 0.2) is 30.9 Å². The maximum atomic E-state index is 12.5. The van der Waals surface area contributed by atoms with E-state index in [4.69, 9.17) is 4.52 Å². The van der Waals surface area contributed by atoms with Gasteiger partial charge in [0.1, 0.15) is 18.2 Å². The summed E-state index contributed by atoms with van der Waals surface area (Å²) >= 11 is 1.50. The van der Waals surface area contributed by atoms with Gasteiger partial charge in [0.2, 0.25) is 11.7 Å². The molecule has 8 nitrogen and oxygen atoms in total. The van der Waals surface area contributed by atoms with Crippen LogP contribution in [0.2, 0.25) is 0 Å². The summed E-state index contributed by atoms with van der Waals surface area (Å²) in [4.78, 5) is 29.2. The first kappa shape index (κ1) is 14.6. The molecule has 4 rings (SSSR count). The minimum absolute atomic E-state index is 0.0182. The van der Waals surface area contributed by atoms with Crippen LogP contribution in [-0.4, -0.2) is 19.3 Å². The molecule has 0 unspecified atom stereocenters. The van der Waals surface area contributed by atoms with Crippen molar-refractivity contribution in [2.75, 3.05) is 0 Å². The Morgan fingerprint density at radius 1 is 1.42 bits per heavy atom. The fourth-order valence-electron chi connectivity index (χ4n) is 2.85. The summed E-state index contributed by atoms with van der Waals surface area (Å²) in [6.07, 6.45) is 1.31. The van der Waals surface area contributed by atoms with Crippen LogP contribution in [0.4, 0.5) is 0 Å². The first-order chi connectivity index (χ1) is 11.7. The summed E-state index contributed by atoms with van der Waals surface area (Å²) in [6.45, 7) is 0.358. The summed E-state index contributed by atoms with van der Waals surface area (Å²) in [5, 5.41) is 16.9. The van der Waals surface area contributed by atoms with Gasteiger partial charge in [0.05, 0.1) is 0 Å². The molecule has 24 heavy (non-hydrogen) atoms. The van der Waals surface area contributed by atoms with Gasteiger partial charge >= 0.3 is 5.69 Å². The Labute approximate surface area is 139 Å². The molecule has 0 amide bonds. The molecule has 0 spiro atoms. The van der Waals surface area contributed by atoms with Crippen molar-refractivity contribution < 1.29 is 4.52 Å². The van der Waals surface area contributed by atoms with Crippen molar-refractivity contribution in [3.8, 4) is 17.5 Å². The highest BCUT2D eigenvalue weighted by Gasteiger charge is 2.23. The molecule has 3 aromatic heterocycles. The van der Waals surface area contributed by atoms with Crippen LogP contribution in [0.5, 0.6) is 0 Å². The lowest BCUT2D eigenvalue weighted by atomic mass is 10.2. The Bertz CT molecular complexity index is 1070. The molecule has 9 heteroatoms. The number of aromatic nitrogens is 4. The van der Waals surface area contributed by atoms with E-state index < -0.39 is 11.2 Å². The van der Waals surface area contributed by atoms with E-state index in [1.54, 1.807) is 0 Å². The molecular formula is C15H11N5O3S. The highest BCUT2D eigenvalue weighted by molar-refractivity contribution is 7.08. The van der Waals surface area contributed by atoms with Gasteiger partial charge < -0.3 is 4.52 Å². The van der Waals surface area contributed by atoms with Crippen molar-refractivity contribution >= 4 is 11.3 Å². The van der Waals surface area contributed by atoms with Crippen molar-refractivity contribution in [1.29, 1.82) is 5.26 Å². The molecule has 0 aromatic carbocycles. The maximum Gasteiger partial charge on any atom is 0.331 e. The highest BCUT2D eigenvalue weighted by Crippen LogP contribution is 2.19. The Balaban J connectivity index is 1.78. The summed E-state index contributed by atoms with van der Waals surface area (Å²) in [5.41, 5.74) is 0.302. The molecule has 1 aliphatic rings. The summed E-state index contributed by atoms with van der Waals surface area (Å²) in [5.74, 6) is 0.555. The molecule has 0 aliphatic carbocycles. The molecule has 0 atom stereocenters. The zero-order valence-electron chi connectivity index (χ0n) is 12.4. The molecule has 0 saturated heterocycles. The van der Waals surface area contributed by atoms with Crippen molar-refractivity contribution in [2.24, 2.45) is 0 Å². The smallest absolute Gasteiger partial charge is 0.331 e. The van der Waals surface area contributed by atoms with E-state index in [1.165, 1.54) is 15.9 Å². The molecule has 4 heterocycles. The molecule has 120 valence electrons. The lowest BCUT2D eigenvalue weighted by Crippen LogP contribution is -2.42. The Morgan fingerprint density at radius 2 is 2.29 bits per heavy atom. The second-order valence-electron chi connectivity index (χ2n) is 5.39. The van der Waals surface area contributed by atoms with E-state index in [-0.39, 0.29) is 18.0 Å². The van der Waals surface area contributed by atoms with Crippen LogP contribution >= 0.6 is 11.3 Å². The Hall–Kier alpha value is -2.99. The average Bonchev–Trinajstić information content (AvgIpc) is 3.31. The first-order valence-electron chi connectivity index (χ1n) is 7.31. The van der Waals surface area contributed by atoms with Crippen molar-refractivity contribution in [3.05, 3.63) is 54.8 Å². The fraction of sp³-hybridized carbons (Fsp3) is 0.267. The number of fused-ring (bicyclic) bond motifs is 1. The van der Waals surface area contributed by atoms with Gasteiger partial charge in [-0.1, -0.05) is 5.16 Å². The summed E-state index contributed by atoms with van der Waals surface area (Å²) in [7, 11) is 0. The van der Waals surface area contributed by atoms with Crippen LogP contribution < -0.4 is 11.2 Å². The van der Waals surface area contributed by atoms with E-state index in [0.29, 0.717) is 24.5 Å². The number of hydrogen-bond donors (Lipinski definition) is 0. The van der Waals surface area contributed by atoms with Crippen LogP contribution in [0.3, 0.4) is 0 Å². The molecule has 0 radical (unpaired) electrons. The first-order valence-corrected chi connectivity index (χ1v) is 8.25. The van der Waals surface area contributed by atoms with E-state index in [1.807, 2.05) is 22.9 Å². The normalized spacial score (nSPS) is 13.0. The maximum absolute atomic E-state index is 12.5. The third-order valence-electron chi connectivity index (χ3n) is 3.98. The third kappa shape index (κ3) is 2.19. The van der Waals surface area contributed by atoms with Gasteiger partial charge in [-0.3, -0.25) is 9.36 Å². The quantitative estimate of drug-likeness (QED) is 0.703. The van der Waals surface area contributed by atoms with Gasteiger partial charge in [-0.15, -0.1) is 0 Å². The largest absolute Gasteiger partial charge is 0.337 e. The zero-order chi connectivity index (χ0) is 16.7. The summed E-state index contributed by atoms with van der Waals surface area (Å²) < 4.78 is 7.61. The second-order valence-corrected chi connectivity index (χ2v) is 6.17. The van der Waals surface area contributed by atoms with Crippen molar-refractivity contribution in [3.63, 3.8) is 0 Å². The molecule has 1 aliphatic heterocycles. The highest BCUT2D eigenvalue weighted by atomic mass is 32.1. The standard InChI is InChI=1S/C15H11N5O3S/c16-6-10-11-2-1-4-19(11)15(22)20(14(10)21)7-12-17-13(18-23-12)9-3-5-24-8-9/h3,5,8H,1-2,4,7H2. The van der Waals surface area contributed by atoms with Gasteiger partial charge in [0.15, 0.2) is 0 Å². The molecule has 0 fully saturated rings. The Kier molecular flexibility index (Phi) is 3.39. The topological polar surface area (TPSA) is 107 Å². The summed E-state index contributed by atoms with van der Waals surface area (Å²) in [6, 6.07) is 3.77. The van der Waals surface area contributed by atoms with Crippen LogP contribution in [0.1, 0.15) is 23.6 Å². The van der Waals surface area contributed by atoms with Gasteiger partial charge in [-0.05, 0) is 24.3 Å². The number of hydrogen-bond acceptors (Lipinski definition) is 7.